The van der Waals surface area contributed by atoms with Gasteiger partial charge in [0.1, 0.15) is 8.42 Å². The number of fused-ring (bicyclic) bond motifs is 1. The number of rotatable bonds is 6. The van der Waals surface area contributed by atoms with Gasteiger partial charge in [-0.1, -0.05) is 57.7 Å². The van der Waals surface area contributed by atoms with Crippen LogP contribution in [0.1, 0.15) is 121 Å². The summed E-state index contributed by atoms with van der Waals surface area (Å²) in [5, 5.41) is 2.05. The van der Waals surface area contributed by atoms with E-state index in [9.17, 15) is 0 Å². The van der Waals surface area contributed by atoms with Gasteiger partial charge in [0.05, 0.1) is 12.3 Å². The highest BCUT2D eigenvalue weighted by atomic mass is 14.9. The van der Waals surface area contributed by atoms with Crippen molar-refractivity contribution in [2.24, 2.45) is 7.05 Å². The molecule has 3 aromatic rings. The molecule has 0 unspecified atom stereocenters. The lowest BCUT2D eigenvalue weighted by atomic mass is 9.83. The third-order valence-corrected chi connectivity index (χ3v) is 8.80. The Kier molecular flexibility index (Phi) is 5.89. The van der Waals surface area contributed by atoms with E-state index >= 15 is 0 Å². The maximum absolute atomic E-state index is 8.87. The minimum absolute atomic E-state index is 0.308. The molecule has 5 rings (SSSR count). The number of nitrogens with zero attached hydrogens (tertiary/aromatic N) is 1. The molecule has 2 aliphatic carbocycles. The van der Waals surface area contributed by atoms with Gasteiger partial charge in [-0.15, -0.1) is 0 Å². The summed E-state index contributed by atoms with van der Waals surface area (Å²) in [6.07, 6.45) is 13.1. The molecule has 0 saturated heterocycles. The summed E-state index contributed by atoms with van der Waals surface area (Å²) in [4.78, 5) is 0. The second-order valence-electron chi connectivity index (χ2n) is 10.7. The Bertz CT molecular complexity index is 1230. The van der Waals surface area contributed by atoms with Gasteiger partial charge in [-0.05, 0) is 103 Å². The Hall–Kier alpha value is -2.15. The van der Waals surface area contributed by atoms with E-state index in [1.807, 2.05) is 11.6 Å². The SMILES string of the molecule is [2H]c1c([2H])[n+](C)c(-c2cc(C3CCCC3)cc(C3CCCC3)c2C)c2ccc(C(CC)CC)cc12. The molecule has 0 aliphatic heterocycles. The molecule has 1 nitrogen and oxygen atoms in total. The summed E-state index contributed by atoms with van der Waals surface area (Å²) < 4.78 is 19.7. The van der Waals surface area contributed by atoms with Crippen LogP contribution in [0.3, 0.4) is 0 Å². The van der Waals surface area contributed by atoms with Crippen LogP contribution in [0.15, 0.2) is 42.5 Å². The van der Waals surface area contributed by atoms with Crippen molar-refractivity contribution < 1.29 is 7.31 Å². The first-order valence-corrected chi connectivity index (χ1v) is 13.5. The third-order valence-electron chi connectivity index (χ3n) is 8.80. The second-order valence-corrected chi connectivity index (χ2v) is 10.7. The van der Waals surface area contributed by atoms with Gasteiger partial charge in [-0.2, -0.15) is 0 Å². The summed E-state index contributed by atoms with van der Waals surface area (Å²) in [5.41, 5.74) is 8.15. The zero-order valence-electron chi connectivity index (χ0n) is 23.1. The van der Waals surface area contributed by atoms with Crippen molar-refractivity contribution in [1.82, 2.24) is 0 Å². The molecule has 0 bridgehead atoms. The van der Waals surface area contributed by atoms with Crippen LogP contribution in [0.2, 0.25) is 0 Å². The smallest absolute Gasteiger partial charge is 0.200 e. The number of aromatic nitrogens is 1. The monoisotopic (exact) mass is 442 g/mol. The average Bonchev–Trinajstić information content (AvgIpc) is 3.60. The Morgan fingerprint density at radius 3 is 2.27 bits per heavy atom. The molecular weight excluding hydrogens is 398 g/mol. The molecular formula is C32H42N+. The number of hydrogen-bond donors (Lipinski definition) is 0. The molecule has 0 spiro atoms. The predicted molar refractivity (Wildman–Crippen MR) is 141 cm³/mol. The van der Waals surface area contributed by atoms with E-state index in [-0.39, 0.29) is 0 Å². The number of pyridine rings is 1. The lowest BCUT2D eigenvalue weighted by Crippen LogP contribution is -2.31. The topological polar surface area (TPSA) is 3.88 Å². The molecule has 2 aliphatic rings. The van der Waals surface area contributed by atoms with Crippen molar-refractivity contribution in [3.8, 4) is 11.3 Å². The third kappa shape index (κ3) is 4.25. The van der Waals surface area contributed by atoms with E-state index in [1.165, 1.54) is 73.6 Å². The molecule has 2 fully saturated rings. The highest BCUT2D eigenvalue weighted by Crippen LogP contribution is 2.43. The molecule has 1 heteroatoms. The summed E-state index contributed by atoms with van der Waals surface area (Å²) in [6.45, 7) is 6.80. The van der Waals surface area contributed by atoms with Crippen LogP contribution in [0.5, 0.6) is 0 Å². The minimum atomic E-state index is 0.308. The summed E-state index contributed by atoms with van der Waals surface area (Å²) in [6, 6.07) is 12.1. The fourth-order valence-electron chi connectivity index (χ4n) is 6.75. The van der Waals surface area contributed by atoms with E-state index in [1.54, 1.807) is 5.56 Å². The van der Waals surface area contributed by atoms with E-state index in [0.717, 1.165) is 29.3 Å². The zero-order valence-corrected chi connectivity index (χ0v) is 21.1. The molecule has 174 valence electrons. The molecule has 33 heavy (non-hydrogen) atoms. The van der Waals surface area contributed by atoms with E-state index in [0.29, 0.717) is 30.0 Å². The van der Waals surface area contributed by atoms with Gasteiger partial charge in [0.25, 0.3) is 0 Å². The van der Waals surface area contributed by atoms with Crippen molar-refractivity contribution in [1.29, 1.82) is 0 Å². The van der Waals surface area contributed by atoms with Crippen LogP contribution in [0.25, 0.3) is 22.0 Å². The van der Waals surface area contributed by atoms with Crippen molar-refractivity contribution in [2.45, 2.75) is 103 Å². The van der Waals surface area contributed by atoms with Gasteiger partial charge < -0.3 is 0 Å². The maximum atomic E-state index is 8.87. The van der Waals surface area contributed by atoms with Crippen LogP contribution in [-0.2, 0) is 7.05 Å². The Labute approximate surface area is 204 Å². The van der Waals surface area contributed by atoms with Crippen LogP contribution in [-0.4, -0.2) is 0 Å². The van der Waals surface area contributed by atoms with Gasteiger partial charge >= 0.3 is 0 Å². The molecule has 2 aromatic carbocycles. The molecule has 1 heterocycles. The lowest BCUT2D eigenvalue weighted by Gasteiger charge is -2.21. The molecule has 2 saturated carbocycles. The van der Waals surface area contributed by atoms with Crippen molar-refractivity contribution >= 4 is 10.8 Å². The van der Waals surface area contributed by atoms with Crippen molar-refractivity contribution in [2.75, 3.05) is 0 Å². The summed E-state index contributed by atoms with van der Waals surface area (Å²) in [7, 11) is 1.99. The zero-order chi connectivity index (χ0) is 24.7. The van der Waals surface area contributed by atoms with E-state index in [2.05, 4.69) is 51.1 Å². The van der Waals surface area contributed by atoms with Crippen LogP contribution < -0.4 is 4.57 Å². The first-order chi connectivity index (χ1) is 16.9. The van der Waals surface area contributed by atoms with Crippen LogP contribution in [0.4, 0.5) is 0 Å². The Morgan fingerprint density at radius 1 is 0.939 bits per heavy atom. The highest BCUT2D eigenvalue weighted by Gasteiger charge is 2.27. The average molecular weight is 443 g/mol. The molecule has 1 aromatic heterocycles. The van der Waals surface area contributed by atoms with Gasteiger partial charge in [0.15, 0.2) is 6.17 Å². The van der Waals surface area contributed by atoms with Gasteiger partial charge in [0, 0.05) is 6.04 Å². The predicted octanol–water partition coefficient (Wildman–Crippen LogP) is 8.86. The largest absolute Gasteiger partial charge is 0.220 e. The number of hydrogen-bond acceptors (Lipinski definition) is 0. The van der Waals surface area contributed by atoms with Gasteiger partial charge in [-0.3, -0.25) is 0 Å². The Morgan fingerprint density at radius 2 is 1.61 bits per heavy atom. The van der Waals surface area contributed by atoms with Crippen LogP contribution >= 0.6 is 0 Å². The fraction of sp³-hybridized carbons (Fsp3) is 0.531. The number of benzene rings is 2. The normalized spacial score (nSPS) is 18.5. The molecule has 0 N–H and O–H groups in total. The van der Waals surface area contributed by atoms with E-state index in [4.69, 9.17) is 2.74 Å². The van der Waals surface area contributed by atoms with E-state index < -0.39 is 0 Å². The molecule has 0 atom stereocenters. The van der Waals surface area contributed by atoms with Gasteiger partial charge in [0.2, 0.25) is 5.69 Å². The lowest BCUT2D eigenvalue weighted by molar-refractivity contribution is -0.659. The first-order valence-electron chi connectivity index (χ1n) is 14.5. The summed E-state index contributed by atoms with van der Waals surface area (Å²) in [5.74, 6) is 1.84. The highest BCUT2D eigenvalue weighted by molar-refractivity contribution is 5.94. The quantitative estimate of drug-likeness (QED) is 0.336. The van der Waals surface area contributed by atoms with Crippen molar-refractivity contribution in [3.05, 3.63) is 64.8 Å². The first kappa shape index (κ1) is 20.2. The standard InChI is InChI=1S/C32H42N/c1-5-23(6-2)26-15-16-29-27(19-26)17-18-33(4)32(29)31-21-28(24-11-7-8-12-24)20-30(22(31)3)25-13-9-10-14-25/h15-21,23-25H,5-14H2,1-4H3/q+1/i17D,18D. The Balaban J connectivity index is 1.77. The van der Waals surface area contributed by atoms with Gasteiger partial charge in [-0.25, -0.2) is 4.57 Å². The fourth-order valence-corrected chi connectivity index (χ4v) is 6.75. The maximum Gasteiger partial charge on any atom is 0.220 e. The van der Waals surface area contributed by atoms with Crippen molar-refractivity contribution in [3.63, 3.8) is 0 Å². The molecule has 0 radical (unpaired) electrons. The summed E-state index contributed by atoms with van der Waals surface area (Å²) >= 11 is 0. The molecule has 0 amide bonds. The second kappa shape index (κ2) is 9.61. The van der Waals surface area contributed by atoms with Crippen LogP contribution in [0, 0.1) is 6.92 Å². The minimum Gasteiger partial charge on any atom is -0.200 e.